The Kier molecular flexibility index (Phi) is 7.33. The van der Waals surface area contributed by atoms with Crippen molar-refractivity contribution in [1.82, 2.24) is 0 Å². The molecule has 0 radical (unpaired) electrons. The van der Waals surface area contributed by atoms with Gasteiger partial charge in [0.25, 0.3) is 0 Å². The van der Waals surface area contributed by atoms with Crippen molar-refractivity contribution in [2.24, 2.45) is 0 Å². The standard InChI is InChI=1S/C25H19F3O4/c26-25(27,28)20-12-9-18(10-13-20)5-3-15-31-21-6-2-8-23(17-21)32-22-7-1-4-19(16-22)11-14-24(29)30/h1-14,16-17H,15H2,(H,29,30). The van der Waals surface area contributed by atoms with Gasteiger partial charge in [0.15, 0.2) is 0 Å². The predicted molar refractivity (Wildman–Crippen MR) is 116 cm³/mol. The van der Waals surface area contributed by atoms with Crippen molar-refractivity contribution >= 4 is 18.1 Å². The molecule has 0 unspecified atom stereocenters. The summed E-state index contributed by atoms with van der Waals surface area (Å²) in [6.45, 7) is 0.222. The molecule has 3 aromatic carbocycles. The van der Waals surface area contributed by atoms with Crippen molar-refractivity contribution in [1.29, 1.82) is 0 Å². The fourth-order valence-electron chi connectivity index (χ4n) is 2.72. The summed E-state index contributed by atoms with van der Waals surface area (Å²) in [4.78, 5) is 10.6. The molecule has 0 atom stereocenters. The summed E-state index contributed by atoms with van der Waals surface area (Å²) < 4.78 is 49.2. The number of carboxylic acids is 1. The van der Waals surface area contributed by atoms with Crippen LogP contribution in [-0.2, 0) is 11.0 Å². The fraction of sp³-hybridized carbons (Fsp3) is 0.0800. The molecule has 0 bridgehead atoms. The van der Waals surface area contributed by atoms with Crippen molar-refractivity contribution in [3.8, 4) is 17.2 Å². The summed E-state index contributed by atoms with van der Waals surface area (Å²) in [5.74, 6) is 0.598. The maximum absolute atomic E-state index is 12.6. The van der Waals surface area contributed by atoms with Gasteiger partial charge in [0.2, 0.25) is 0 Å². The van der Waals surface area contributed by atoms with Crippen LogP contribution in [0.5, 0.6) is 17.2 Å². The zero-order valence-electron chi connectivity index (χ0n) is 16.8. The number of carboxylic acid groups (broad SMARTS) is 1. The number of carbonyl (C=O) groups is 1. The van der Waals surface area contributed by atoms with Crippen LogP contribution in [0.15, 0.2) is 84.9 Å². The minimum Gasteiger partial charge on any atom is -0.489 e. The fourth-order valence-corrected chi connectivity index (χ4v) is 2.72. The Bertz CT molecular complexity index is 1120. The maximum Gasteiger partial charge on any atom is 0.416 e. The molecule has 0 saturated carbocycles. The van der Waals surface area contributed by atoms with Crippen molar-refractivity contribution in [3.05, 3.63) is 102 Å². The van der Waals surface area contributed by atoms with Crippen LogP contribution in [0.4, 0.5) is 13.2 Å². The van der Waals surface area contributed by atoms with Crippen LogP contribution in [0.1, 0.15) is 16.7 Å². The number of hydrogen-bond donors (Lipinski definition) is 1. The molecule has 0 fully saturated rings. The number of rotatable bonds is 8. The van der Waals surface area contributed by atoms with Gasteiger partial charge in [-0.05, 0) is 59.7 Å². The van der Waals surface area contributed by atoms with Gasteiger partial charge in [-0.2, -0.15) is 13.2 Å². The summed E-state index contributed by atoms with van der Waals surface area (Å²) in [7, 11) is 0. The Labute approximate surface area is 182 Å². The molecule has 0 saturated heterocycles. The molecule has 7 heteroatoms. The molecule has 0 heterocycles. The number of alkyl halides is 3. The van der Waals surface area contributed by atoms with Gasteiger partial charge in [-0.3, -0.25) is 0 Å². The molecule has 0 aliphatic rings. The van der Waals surface area contributed by atoms with E-state index in [4.69, 9.17) is 14.6 Å². The first-order valence-electron chi connectivity index (χ1n) is 9.55. The summed E-state index contributed by atoms with van der Waals surface area (Å²) in [5.41, 5.74) is 0.632. The van der Waals surface area contributed by atoms with E-state index >= 15 is 0 Å². The third-order valence-corrected chi connectivity index (χ3v) is 4.21. The SMILES string of the molecule is O=C(O)C=Cc1cccc(Oc2cccc(OCC=Cc3ccc(C(F)(F)F)cc3)c2)c1. The zero-order chi connectivity index (χ0) is 23.0. The van der Waals surface area contributed by atoms with Crippen molar-refractivity contribution in [2.45, 2.75) is 6.18 Å². The monoisotopic (exact) mass is 440 g/mol. The van der Waals surface area contributed by atoms with Gasteiger partial charge in [0.1, 0.15) is 23.9 Å². The molecule has 4 nitrogen and oxygen atoms in total. The second-order valence-corrected chi connectivity index (χ2v) is 6.65. The van der Waals surface area contributed by atoms with E-state index in [9.17, 15) is 18.0 Å². The Morgan fingerprint density at radius 1 is 0.844 bits per heavy atom. The highest BCUT2D eigenvalue weighted by atomic mass is 19.4. The Hall–Kier alpha value is -4.00. The first kappa shape index (κ1) is 22.7. The van der Waals surface area contributed by atoms with Gasteiger partial charge in [-0.15, -0.1) is 0 Å². The van der Waals surface area contributed by atoms with Crippen molar-refractivity contribution < 1.29 is 32.5 Å². The van der Waals surface area contributed by atoms with Crippen LogP contribution in [0.25, 0.3) is 12.2 Å². The number of ether oxygens (including phenoxy) is 2. The summed E-state index contributed by atoms with van der Waals surface area (Å²) in [5, 5.41) is 8.73. The number of aliphatic carboxylic acids is 1. The molecule has 164 valence electrons. The highest BCUT2D eigenvalue weighted by molar-refractivity contribution is 5.85. The van der Waals surface area contributed by atoms with Gasteiger partial charge in [0.05, 0.1) is 5.56 Å². The lowest BCUT2D eigenvalue weighted by Gasteiger charge is -2.09. The minimum absolute atomic E-state index is 0.222. The van der Waals surface area contributed by atoms with Crippen LogP contribution in [0, 0.1) is 0 Å². The Morgan fingerprint density at radius 2 is 1.50 bits per heavy atom. The molecule has 32 heavy (non-hydrogen) atoms. The maximum atomic E-state index is 12.6. The first-order chi connectivity index (χ1) is 15.3. The van der Waals surface area contributed by atoms with E-state index in [0.29, 0.717) is 28.4 Å². The largest absolute Gasteiger partial charge is 0.489 e. The van der Waals surface area contributed by atoms with E-state index in [1.54, 1.807) is 60.7 Å². The quantitative estimate of drug-likeness (QED) is 0.397. The lowest BCUT2D eigenvalue weighted by molar-refractivity contribution is -0.137. The van der Waals surface area contributed by atoms with Crippen molar-refractivity contribution in [3.63, 3.8) is 0 Å². The number of halogens is 3. The lowest BCUT2D eigenvalue weighted by atomic mass is 10.1. The summed E-state index contributed by atoms with van der Waals surface area (Å²) in [6, 6.07) is 18.8. The smallest absolute Gasteiger partial charge is 0.416 e. The van der Waals surface area contributed by atoms with Crippen molar-refractivity contribution in [2.75, 3.05) is 6.61 Å². The lowest BCUT2D eigenvalue weighted by Crippen LogP contribution is -2.03. The Balaban J connectivity index is 1.57. The minimum atomic E-state index is -4.35. The zero-order valence-corrected chi connectivity index (χ0v) is 16.8. The van der Waals surface area contributed by atoms with Crippen LogP contribution in [0.2, 0.25) is 0 Å². The van der Waals surface area contributed by atoms with E-state index in [1.165, 1.54) is 18.2 Å². The second kappa shape index (κ2) is 10.3. The molecular formula is C25H19F3O4. The van der Waals surface area contributed by atoms with Crippen LogP contribution < -0.4 is 9.47 Å². The predicted octanol–water partition coefficient (Wildman–Crippen LogP) is 6.69. The van der Waals surface area contributed by atoms with E-state index in [2.05, 4.69) is 0 Å². The topological polar surface area (TPSA) is 55.8 Å². The first-order valence-corrected chi connectivity index (χ1v) is 9.55. The van der Waals surface area contributed by atoms with Gasteiger partial charge in [0, 0.05) is 12.1 Å². The third kappa shape index (κ3) is 7.05. The summed E-state index contributed by atoms with van der Waals surface area (Å²) >= 11 is 0. The van der Waals surface area contributed by atoms with Gasteiger partial charge >= 0.3 is 12.1 Å². The second-order valence-electron chi connectivity index (χ2n) is 6.65. The normalized spacial score (nSPS) is 11.7. The average Bonchev–Trinajstić information content (AvgIpc) is 2.76. The molecule has 1 N–H and O–H groups in total. The molecule has 0 aliphatic carbocycles. The van der Waals surface area contributed by atoms with E-state index in [0.717, 1.165) is 18.2 Å². The average molecular weight is 440 g/mol. The van der Waals surface area contributed by atoms with E-state index in [-0.39, 0.29) is 6.61 Å². The Morgan fingerprint density at radius 3 is 2.19 bits per heavy atom. The molecule has 0 aliphatic heterocycles. The third-order valence-electron chi connectivity index (χ3n) is 4.21. The molecule has 0 amide bonds. The molecule has 3 aromatic rings. The highest BCUT2D eigenvalue weighted by Gasteiger charge is 2.29. The van der Waals surface area contributed by atoms with E-state index < -0.39 is 17.7 Å². The summed E-state index contributed by atoms with van der Waals surface area (Å²) in [6.07, 6.45) is 1.55. The van der Waals surface area contributed by atoms with Crippen LogP contribution >= 0.6 is 0 Å². The molecule has 0 spiro atoms. The highest BCUT2D eigenvalue weighted by Crippen LogP contribution is 2.29. The molecule has 0 aromatic heterocycles. The van der Waals surface area contributed by atoms with E-state index in [1.807, 2.05) is 0 Å². The van der Waals surface area contributed by atoms with Gasteiger partial charge in [-0.1, -0.05) is 36.4 Å². The van der Waals surface area contributed by atoms with Gasteiger partial charge < -0.3 is 14.6 Å². The number of benzene rings is 3. The molecular weight excluding hydrogens is 421 g/mol. The number of hydrogen-bond acceptors (Lipinski definition) is 3. The van der Waals surface area contributed by atoms with Crippen LogP contribution in [-0.4, -0.2) is 17.7 Å². The van der Waals surface area contributed by atoms with Crippen LogP contribution in [0.3, 0.4) is 0 Å². The molecule has 3 rings (SSSR count). The van der Waals surface area contributed by atoms with Gasteiger partial charge in [-0.25, -0.2) is 4.79 Å².